The van der Waals surface area contributed by atoms with Crippen LogP contribution in [0.2, 0.25) is 0 Å². The number of rotatable bonds is 6. The van der Waals surface area contributed by atoms with Crippen LogP contribution in [0.5, 0.6) is 0 Å². The van der Waals surface area contributed by atoms with E-state index in [-0.39, 0.29) is 0 Å². The lowest BCUT2D eigenvalue weighted by molar-refractivity contribution is 0.514. The van der Waals surface area contributed by atoms with Gasteiger partial charge >= 0.3 is 0 Å². The van der Waals surface area contributed by atoms with Gasteiger partial charge in [-0.3, -0.25) is 4.68 Å². The van der Waals surface area contributed by atoms with E-state index in [0.717, 1.165) is 25.1 Å². The van der Waals surface area contributed by atoms with Crippen LogP contribution in [0.25, 0.3) is 0 Å². The summed E-state index contributed by atoms with van der Waals surface area (Å²) in [4.78, 5) is 0. The predicted octanol–water partition coefficient (Wildman–Crippen LogP) is 3.32. The molecule has 1 unspecified atom stereocenters. The molecule has 3 nitrogen and oxygen atoms in total. The topological polar surface area (TPSA) is 29.9 Å². The highest BCUT2D eigenvalue weighted by Crippen LogP contribution is 2.21. The molecule has 1 atom stereocenters. The normalized spacial score (nSPS) is 12.6. The molecule has 0 bridgehead atoms. The van der Waals surface area contributed by atoms with Crippen molar-refractivity contribution in [1.29, 1.82) is 0 Å². The summed E-state index contributed by atoms with van der Waals surface area (Å²) >= 11 is 0. The second-order valence-electron chi connectivity index (χ2n) is 5.33. The Labute approximate surface area is 122 Å². The molecular weight excluding hydrogens is 246 g/mol. The van der Waals surface area contributed by atoms with Gasteiger partial charge in [0, 0.05) is 18.8 Å². The highest BCUT2D eigenvalue weighted by atomic mass is 15.3. The molecule has 20 heavy (non-hydrogen) atoms. The van der Waals surface area contributed by atoms with Crippen molar-refractivity contribution in [1.82, 2.24) is 15.1 Å². The number of nitrogens with zero attached hydrogens (tertiary/aromatic N) is 2. The lowest BCUT2D eigenvalue weighted by atomic mass is 9.98. The maximum atomic E-state index is 4.50. The second kappa shape index (κ2) is 6.71. The number of aryl methyl sites for hydroxylation is 2. The first-order chi connectivity index (χ1) is 9.63. The van der Waals surface area contributed by atoms with Crippen LogP contribution in [0.4, 0.5) is 0 Å². The van der Waals surface area contributed by atoms with Gasteiger partial charge in [-0.25, -0.2) is 0 Å². The Balaban J connectivity index is 2.10. The van der Waals surface area contributed by atoms with E-state index in [2.05, 4.69) is 61.5 Å². The third-order valence-electron chi connectivity index (χ3n) is 3.99. The minimum absolute atomic E-state index is 0.417. The van der Waals surface area contributed by atoms with Gasteiger partial charge in [0.2, 0.25) is 0 Å². The molecule has 1 aromatic heterocycles. The summed E-state index contributed by atoms with van der Waals surface area (Å²) in [7, 11) is 2.02. The Morgan fingerprint density at radius 2 is 1.90 bits per heavy atom. The molecule has 0 aliphatic heterocycles. The van der Waals surface area contributed by atoms with Crippen molar-refractivity contribution in [2.45, 2.75) is 39.7 Å². The van der Waals surface area contributed by atoms with Gasteiger partial charge in [0.15, 0.2) is 0 Å². The highest BCUT2D eigenvalue weighted by Gasteiger charge is 2.14. The van der Waals surface area contributed by atoms with Crippen molar-refractivity contribution in [3.05, 3.63) is 52.8 Å². The third-order valence-corrected chi connectivity index (χ3v) is 3.99. The Bertz CT molecular complexity index is 543. The van der Waals surface area contributed by atoms with Gasteiger partial charge < -0.3 is 5.32 Å². The molecule has 108 valence electrons. The molecule has 0 spiro atoms. The molecule has 2 rings (SSSR count). The van der Waals surface area contributed by atoms with Gasteiger partial charge in [-0.15, -0.1) is 0 Å². The van der Waals surface area contributed by atoms with E-state index in [1.165, 1.54) is 16.8 Å². The van der Waals surface area contributed by atoms with Crippen LogP contribution >= 0.6 is 0 Å². The molecule has 0 radical (unpaired) electrons. The molecular formula is C17H25N3. The van der Waals surface area contributed by atoms with E-state index < -0.39 is 0 Å². The van der Waals surface area contributed by atoms with E-state index in [1.807, 2.05) is 11.7 Å². The largest absolute Gasteiger partial charge is 0.310 e. The van der Waals surface area contributed by atoms with Crippen molar-refractivity contribution in [3.8, 4) is 0 Å². The predicted molar refractivity (Wildman–Crippen MR) is 83.9 cm³/mol. The van der Waals surface area contributed by atoms with Gasteiger partial charge in [-0.2, -0.15) is 5.10 Å². The number of nitrogens with one attached hydrogen (secondary N) is 1. The number of aromatic nitrogens is 2. The van der Waals surface area contributed by atoms with E-state index in [9.17, 15) is 0 Å². The van der Waals surface area contributed by atoms with E-state index in [0.29, 0.717) is 6.04 Å². The van der Waals surface area contributed by atoms with Crippen molar-refractivity contribution >= 4 is 0 Å². The Morgan fingerprint density at radius 1 is 1.20 bits per heavy atom. The van der Waals surface area contributed by atoms with Crippen molar-refractivity contribution in [2.24, 2.45) is 7.05 Å². The first-order valence-corrected chi connectivity index (χ1v) is 7.40. The molecule has 0 saturated heterocycles. The molecule has 2 aromatic rings. The van der Waals surface area contributed by atoms with Gasteiger partial charge in [0.25, 0.3) is 0 Å². The average Bonchev–Trinajstić information content (AvgIpc) is 2.70. The zero-order valence-electron chi connectivity index (χ0n) is 13.0. The number of hydrogen-bond donors (Lipinski definition) is 1. The average molecular weight is 271 g/mol. The SMILES string of the molecule is CCNC(CCc1c(C)nn(C)c1C)c1ccccc1. The Morgan fingerprint density at radius 3 is 2.45 bits per heavy atom. The lowest BCUT2D eigenvalue weighted by Crippen LogP contribution is -2.21. The van der Waals surface area contributed by atoms with Crippen LogP contribution in [-0.4, -0.2) is 16.3 Å². The smallest absolute Gasteiger partial charge is 0.0628 e. The summed E-state index contributed by atoms with van der Waals surface area (Å²) in [6.45, 7) is 7.41. The van der Waals surface area contributed by atoms with Crippen LogP contribution in [0.15, 0.2) is 30.3 Å². The maximum absolute atomic E-state index is 4.50. The standard InChI is InChI=1S/C17H25N3/c1-5-18-17(15-9-7-6-8-10-15)12-11-16-13(2)19-20(4)14(16)3/h6-10,17-18H,5,11-12H2,1-4H3. The highest BCUT2D eigenvalue weighted by molar-refractivity contribution is 5.25. The summed E-state index contributed by atoms with van der Waals surface area (Å²) < 4.78 is 1.98. The van der Waals surface area contributed by atoms with E-state index >= 15 is 0 Å². The molecule has 1 N–H and O–H groups in total. The van der Waals surface area contributed by atoms with Gasteiger partial charge in [0.05, 0.1) is 5.69 Å². The molecule has 0 saturated carbocycles. The molecule has 1 aromatic carbocycles. The summed E-state index contributed by atoms with van der Waals surface area (Å²) in [6, 6.07) is 11.1. The van der Waals surface area contributed by atoms with E-state index in [1.54, 1.807) is 0 Å². The zero-order valence-corrected chi connectivity index (χ0v) is 13.0. The van der Waals surface area contributed by atoms with Crippen molar-refractivity contribution in [2.75, 3.05) is 6.54 Å². The van der Waals surface area contributed by atoms with Crippen LogP contribution in [0.1, 0.15) is 41.9 Å². The minimum Gasteiger partial charge on any atom is -0.310 e. The van der Waals surface area contributed by atoms with Crippen LogP contribution in [0, 0.1) is 13.8 Å². The van der Waals surface area contributed by atoms with Gasteiger partial charge in [0.1, 0.15) is 0 Å². The van der Waals surface area contributed by atoms with Gasteiger partial charge in [-0.05, 0) is 44.4 Å². The summed E-state index contributed by atoms with van der Waals surface area (Å²) in [6.07, 6.45) is 2.17. The molecule has 0 aliphatic carbocycles. The molecule has 0 amide bonds. The first kappa shape index (κ1) is 14.8. The zero-order chi connectivity index (χ0) is 14.5. The molecule has 0 aliphatic rings. The minimum atomic E-state index is 0.417. The molecule has 3 heteroatoms. The number of benzene rings is 1. The van der Waals surface area contributed by atoms with Crippen molar-refractivity contribution in [3.63, 3.8) is 0 Å². The fourth-order valence-corrected chi connectivity index (χ4v) is 2.79. The summed E-state index contributed by atoms with van der Waals surface area (Å²) in [5.41, 5.74) is 5.21. The van der Waals surface area contributed by atoms with E-state index in [4.69, 9.17) is 0 Å². The second-order valence-corrected chi connectivity index (χ2v) is 5.33. The Kier molecular flexibility index (Phi) is 4.96. The summed E-state index contributed by atoms with van der Waals surface area (Å²) in [5, 5.41) is 8.09. The van der Waals surface area contributed by atoms with Crippen LogP contribution in [0.3, 0.4) is 0 Å². The Hall–Kier alpha value is -1.61. The maximum Gasteiger partial charge on any atom is 0.0628 e. The first-order valence-electron chi connectivity index (χ1n) is 7.40. The van der Waals surface area contributed by atoms with Crippen LogP contribution in [-0.2, 0) is 13.5 Å². The fourth-order valence-electron chi connectivity index (χ4n) is 2.79. The lowest BCUT2D eigenvalue weighted by Gasteiger charge is -2.18. The van der Waals surface area contributed by atoms with Gasteiger partial charge in [-0.1, -0.05) is 37.3 Å². The van der Waals surface area contributed by atoms with Crippen LogP contribution < -0.4 is 5.32 Å². The quantitative estimate of drug-likeness (QED) is 0.873. The summed E-state index contributed by atoms with van der Waals surface area (Å²) in [5.74, 6) is 0. The molecule has 1 heterocycles. The van der Waals surface area contributed by atoms with Crippen molar-refractivity contribution < 1.29 is 0 Å². The molecule has 0 fully saturated rings. The monoisotopic (exact) mass is 271 g/mol. The fraction of sp³-hybridized carbons (Fsp3) is 0.471. The third kappa shape index (κ3) is 3.28. The number of hydrogen-bond acceptors (Lipinski definition) is 2.